The van der Waals surface area contributed by atoms with Crippen molar-refractivity contribution in [2.45, 2.75) is 68.2 Å². The molecule has 0 amide bonds. The number of halogens is 1. The lowest BCUT2D eigenvalue weighted by Gasteiger charge is -2.40. The predicted octanol–water partition coefficient (Wildman–Crippen LogP) is 4.53. The first-order chi connectivity index (χ1) is 8.15. The van der Waals surface area contributed by atoms with Crippen molar-refractivity contribution in [3.63, 3.8) is 0 Å². The average molecular weight is 384 g/mol. The summed E-state index contributed by atoms with van der Waals surface area (Å²) >= 11 is 2.46. The topological polar surface area (TPSA) is 29.5 Å². The molecule has 0 saturated heterocycles. The second-order valence-corrected chi connectivity index (χ2v) is 12.7. The third kappa shape index (κ3) is 6.17. The maximum atomic E-state index is 8.93. The van der Waals surface area contributed by atoms with Gasteiger partial charge in [0, 0.05) is 10.5 Å². The largest absolute Gasteiger partial charge is 0.413 e. The molecule has 1 N–H and O–H groups in total. The lowest BCUT2D eigenvalue weighted by atomic mass is 10.1. The molecule has 0 spiro atoms. The van der Waals surface area contributed by atoms with E-state index in [4.69, 9.17) is 9.53 Å². The summed E-state index contributed by atoms with van der Waals surface area (Å²) < 4.78 is 6.93. The molecule has 0 saturated carbocycles. The molecular weight excluding hydrogens is 355 g/mol. The van der Waals surface area contributed by atoms with Crippen LogP contribution in [-0.4, -0.2) is 30.1 Å². The minimum atomic E-state index is -1.72. The first kappa shape index (κ1) is 18.6. The Kier molecular flexibility index (Phi) is 8.29. The number of hydrogen-bond donors (Lipinski definition) is 1. The van der Waals surface area contributed by atoms with Crippen LogP contribution in [0.25, 0.3) is 0 Å². The predicted molar refractivity (Wildman–Crippen MR) is 91.0 cm³/mol. The second kappa shape index (κ2) is 8.02. The van der Waals surface area contributed by atoms with Gasteiger partial charge >= 0.3 is 0 Å². The molecule has 0 aromatic carbocycles. The van der Waals surface area contributed by atoms with Crippen molar-refractivity contribution >= 4 is 30.9 Å². The van der Waals surface area contributed by atoms with Crippen molar-refractivity contribution in [3.05, 3.63) is 12.7 Å². The summed E-state index contributed by atoms with van der Waals surface area (Å²) in [4.78, 5) is 0. The molecule has 0 bridgehead atoms. The molecule has 0 aromatic rings. The third-order valence-corrected chi connectivity index (χ3v) is 9.62. The summed E-state index contributed by atoms with van der Waals surface area (Å²) in [7, 11) is -1.72. The van der Waals surface area contributed by atoms with Gasteiger partial charge in [0.25, 0.3) is 0 Å². The molecule has 0 radical (unpaired) electrons. The van der Waals surface area contributed by atoms with Crippen molar-refractivity contribution in [2.75, 3.05) is 6.61 Å². The first-order valence-corrected chi connectivity index (χ1v) is 10.8. The Bertz CT molecular complexity index is 249. The van der Waals surface area contributed by atoms with E-state index in [-0.39, 0.29) is 17.7 Å². The van der Waals surface area contributed by atoms with E-state index in [1.807, 2.05) is 6.08 Å². The van der Waals surface area contributed by atoms with Crippen LogP contribution in [0.4, 0.5) is 0 Å². The Balaban J connectivity index is 4.66. The molecule has 0 rings (SSSR count). The van der Waals surface area contributed by atoms with Crippen LogP contribution in [0.3, 0.4) is 0 Å². The molecule has 0 aromatic heterocycles. The number of rotatable bonds is 8. The monoisotopic (exact) mass is 384 g/mol. The Hall–Kier alpha value is 0.607. The molecule has 4 heteroatoms. The number of alkyl halides is 1. The van der Waals surface area contributed by atoms with Crippen LogP contribution in [0, 0.1) is 0 Å². The molecule has 0 fully saturated rings. The van der Waals surface area contributed by atoms with Crippen LogP contribution in [0.1, 0.15) is 40.0 Å². The molecule has 0 aliphatic rings. The van der Waals surface area contributed by atoms with Gasteiger partial charge in [-0.2, -0.15) is 0 Å². The van der Waals surface area contributed by atoms with Gasteiger partial charge in [-0.15, -0.1) is 6.58 Å². The fourth-order valence-corrected chi connectivity index (χ4v) is 3.99. The average Bonchev–Trinajstić information content (AvgIpc) is 2.23. The van der Waals surface area contributed by atoms with E-state index in [1.165, 1.54) is 0 Å². The summed E-state index contributed by atoms with van der Waals surface area (Å²) in [6.45, 7) is 15.5. The smallest absolute Gasteiger partial charge is 0.192 e. The van der Waals surface area contributed by atoms with Gasteiger partial charge in [-0.25, -0.2) is 0 Å². The Morgan fingerprint density at radius 1 is 1.39 bits per heavy atom. The number of aliphatic hydroxyl groups excluding tert-OH is 1. The Morgan fingerprint density at radius 2 is 1.94 bits per heavy atom. The van der Waals surface area contributed by atoms with E-state index >= 15 is 0 Å². The lowest BCUT2D eigenvalue weighted by molar-refractivity contribution is 0.176. The van der Waals surface area contributed by atoms with E-state index in [0.29, 0.717) is 3.92 Å². The minimum absolute atomic E-state index is 0.232. The highest BCUT2D eigenvalue weighted by molar-refractivity contribution is 14.1. The van der Waals surface area contributed by atoms with E-state index < -0.39 is 8.32 Å². The SMILES string of the molecule is C=CC[C@@H](O[Si](C)(C)C(C)(C)C)[C@@H](I)CCCO. The zero-order chi connectivity index (χ0) is 14.4. The molecule has 2 nitrogen and oxygen atoms in total. The molecule has 0 unspecified atom stereocenters. The van der Waals surface area contributed by atoms with Crippen LogP contribution in [0.5, 0.6) is 0 Å². The van der Waals surface area contributed by atoms with E-state index in [2.05, 4.69) is 63.0 Å². The standard InChI is InChI=1S/C14H29IO2Si/c1-7-9-13(12(15)10-8-11-16)17-18(5,6)14(2,3)4/h7,12-13,16H,1,8-11H2,2-6H3/t12-,13+/m0/s1. The zero-order valence-electron chi connectivity index (χ0n) is 12.5. The van der Waals surface area contributed by atoms with E-state index in [1.54, 1.807) is 0 Å². The molecule has 0 heterocycles. The highest BCUT2D eigenvalue weighted by Gasteiger charge is 2.39. The zero-order valence-corrected chi connectivity index (χ0v) is 15.7. The Labute approximate surface area is 127 Å². The molecule has 108 valence electrons. The summed E-state index contributed by atoms with van der Waals surface area (Å²) in [6.07, 6.45) is 4.93. The van der Waals surface area contributed by atoms with Crippen molar-refractivity contribution in [1.29, 1.82) is 0 Å². The third-order valence-electron chi connectivity index (χ3n) is 3.69. The van der Waals surface area contributed by atoms with Crippen LogP contribution in [-0.2, 0) is 4.43 Å². The van der Waals surface area contributed by atoms with Gasteiger partial charge in [-0.3, -0.25) is 0 Å². The van der Waals surface area contributed by atoms with Gasteiger partial charge in [-0.05, 0) is 37.4 Å². The van der Waals surface area contributed by atoms with Gasteiger partial charge in [0.2, 0.25) is 0 Å². The van der Waals surface area contributed by atoms with Crippen LogP contribution in [0.2, 0.25) is 18.1 Å². The van der Waals surface area contributed by atoms with Crippen LogP contribution in [0.15, 0.2) is 12.7 Å². The Morgan fingerprint density at radius 3 is 2.33 bits per heavy atom. The first-order valence-electron chi connectivity index (χ1n) is 6.69. The van der Waals surface area contributed by atoms with Gasteiger partial charge in [0.15, 0.2) is 8.32 Å². The van der Waals surface area contributed by atoms with E-state index in [0.717, 1.165) is 19.3 Å². The van der Waals surface area contributed by atoms with Crippen LogP contribution >= 0.6 is 22.6 Å². The molecule has 0 aliphatic carbocycles. The van der Waals surface area contributed by atoms with Crippen LogP contribution < -0.4 is 0 Å². The summed E-state index contributed by atoms with van der Waals surface area (Å²) in [5.41, 5.74) is 0. The molecule has 18 heavy (non-hydrogen) atoms. The summed E-state index contributed by atoms with van der Waals surface area (Å²) in [6, 6.07) is 0. The van der Waals surface area contributed by atoms with Gasteiger partial charge in [0.1, 0.15) is 0 Å². The van der Waals surface area contributed by atoms with Crippen molar-refractivity contribution in [2.24, 2.45) is 0 Å². The lowest BCUT2D eigenvalue weighted by Crippen LogP contribution is -2.46. The van der Waals surface area contributed by atoms with Gasteiger partial charge in [0.05, 0.1) is 6.10 Å². The quantitative estimate of drug-likeness (QED) is 0.288. The molecule has 2 atom stereocenters. The highest BCUT2D eigenvalue weighted by atomic mass is 127. The minimum Gasteiger partial charge on any atom is -0.413 e. The van der Waals surface area contributed by atoms with Crippen molar-refractivity contribution < 1.29 is 9.53 Å². The summed E-state index contributed by atoms with van der Waals surface area (Å²) in [5.74, 6) is 0. The molecular formula is C14H29IO2Si. The van der Waals surface area contributed by atoms with Crippen molar-refractivity contribution in [3.8, 4) is 0 Å². The fraction of sp³-hybridized carbons (Fsp3) is 0.857. The van der Waals surface area contributed by atoms with Crippen molar-refractivity contribution in [1.82, 2.24) is 0 Å². The van der Waals surface area contributed by atoms with Gasteiger partial charge < -0.3 is 9.53 Å². The highest BCUT2D eigenvalue weighted by Crippen LogP contribution is 2.38. The normalized spacial score (nSPS) is 16.4. The van der Waals surface area contributed by atoms with E-state index in [9.17, 15) is 0 Å². The second-order valence-electron chi connectivity index (χ2n) is 6.32. The maximum Gasteiger partial charge on any atom is 0.192 e. The van der Waals surface area contributed by atoms with Gasteiger partial charge in [-0.1, -0.05) is 49.4 Å². The number of aliphatic hydroxyl groups is 1. The summed E-state index contributed by atoms with van der Waals surface area (Å²) in [5, 5.41) is 9.17. The fourth-order valence-electron chi connectivity index (χ4n) is 1.46. The maximum absolute atomic E-state index is 8.93. The molecule has 0 aliphatic heterocycles. The number of hydrogen-bond acceptors (Lipinski definition) is 2.